The van der Waals surface area contributed by atoms with Gasteiger partial charge in [0.15, 0.2) is 15.6 Å². The summed E-state index contributed by atoms with van der Waals surface area (Å²) in [6.45, 7) is 2.34. The molecular weight excluding hydrogens is 380 g/mol. The first-order valence-electron chi connectivity index (χ1n) is 8.38. The Morgan fingerprint density at radius 3 is 2.73 bits per heavy atom. The first-order chi connectivity index (χ1) is 12.3. The standard InChI is InChI=1S/C17H21ClN2O5S/c1-10-3-2-4-13(10)19-17(22)20-14-6-5-12(18)16(15(14)21)26(23,24)11-7-8-25-9-11/h3,5-6,11,13,21H,2,4,7-9H2,1H3,(H2,19,20,22)/t11-,13?/m0/s1. The molecule has 3 rings (SSSR count). The highest BCUT2D eigenvalue weighted by atomic mass is 35.5. The summed E-state index contributed by atoms with van der Waals surface area (Å²) in [5.41, 5.74) is 1.06. The van der Waals surface area contributed by atoms with E-state index in [1.807, 2.05) is 6.92 Å². The van der Waals surface area contributed by atoms with Gasteiger partial charge in [0.05, 0.1) is 28.6 Å². The van der Waals surface area contributed by atoms with Crippen molar-refractivity contribution in [3.63, 3.8) is 0 Å². The van der Waals surface area contributed by atoms with E-state index in [9.17, 15) is 18.3 Å². The number of amides is 2. The zero-order chi connectivity index (χ0) is 18.9. The van der Waals surface area contributed by atoms with Gasteiger partial charge in [0.2, 0.25) is 0 Å². The second kappa shape index (κ2) is 7.46. The molecule has 142 valence electrons. The van der Waals surface area contributed by atoms with Gasteiger partial charge in [-0.3, -0.25) is 0 Å². The minimum Gasteiger partial charge on any atom is -0.504 e. The molecule has 9 heteroatoms. The van der Waals surface area contributed by atoms with Crippen molar-refractivity contribution in [3.8, 4) is 5.75 Å². The van der Waals surface area contributed by atoms with Crippen LogP contribution in [0, 0.1) is 0 Å². The van der Waals surface area contributed by atoms with Crippen LogP contribution in [-0.4, -0.2) is 44.1 Å². The lowest BCUT2D eigenvalue weighted by molar-refractivity contribution is 0.198. The lowest BCUT2D eigenvalue weighted by Crippen LogP contribution is -2.37. The molecular formula is C17H21ClN2O5S. The number of benzene rings is 1. The number of ether oxygens (including phenoxy) is 1. The molecule has 1 aromatic rings. The zero-order valence-corrected chi connectivity index (χ0v) is 15.9. The molecule has 2 atom stereocenters. The van der Waals surface area contributed by atoms with Gasteiger partial charge < -0.3 is 20.5 Å². The number of nitrogens with one attached hydrogen (secondary N) is 2. The number of phenols is 1. The summed E-state index contributed by atoms with van der Waals surface area (Å²) in [6.07, 6.45) is 4.10. The molecule has 1 heterocycles. The van der Waals surface area contributed by atoms with Crippen LogP contribution in [-0.2, 0) is 14.6 Å². The molecule has 1 aromatic carbocycles. The normalized spacial score (nSPS) is 22.9. The molecule has 2 aliphatic rings. The smallest absolute Gasteiger partial charge is 0.319 e. The van der Waals surface area contributed by atoms with Crippen molar-refractivity contribution >= 4 is 33.2 Å². The molecule has 0 radical (unpaired) electrons. The highest BCUT2D eigenvalue weighted by molar-refractivity contribution is 7.92. The van der Waals surface area contributed by atoms with Gasteiger partial charge in [-0.2, -0.15) is 0 Å². The fourth-order valence-electron chi connectivity index (χ4n) is 3.19. The van der Waals surface area contributed by atoms with Gasteiger partial charge in [0, 0.05) is 6.61 Å². The molecule has 1 fully saturated rings. The maximum Gasteiger partial charge on any atom is 0.319 e. The van der Waals surface area contributed by atoms with Gasteiger partial charge >= 0.3 is 6.03 Å². The van der Waals surface area contributed by atoms with E-state index in [-0.39, 0.29) is 28.3 Å². The molecule has 0 saturated carbocycles. The maximum atomic E-state index is 12.8. The van der Waals surface area contributed by atoms with Gasteiger partial charge in [-0.1, -0.05) is 23.3 Å². The van der Waals surface area contributed by atoms with E-state index in [2.05, 4.69) is 16.7 Å². The van der Waals surface area contributed by atoms with Crippen molar-refractivity contribution < 1.29 is 23.1 Å². The molecule has 1 aliphatic carbocycles. The third-order valence-electron chi connectivity index (χ3n) is 4.72. The molecule has 1 aliphatic heterocycles. The number of allylic oxidation sites excluding steroid dienone is 1. The molecule has 0 bridgehead atoms. The first-order valence-corrected chi connectivity index (χ1v) is 10.3. The number of aromatic hydroxyl groups is 1. The predicted molar refractivity (Wildman–Crippen MR) is 98.5 cm³/mol. The van der Waals surface area contributed by atoms with E-state index >= 15 is 0 Å². The monoisotopic (exact) mass is 400 g/mol. The van der Waals surface area contributed by atoms with Crippen molar-refractivity contribution in [2.24, 2.45) is 0 Å². The molecule has 3 N–H and O–H groups in total. The van der Waals surface area contributed by atoms with Gasteiger partial charge in [-0.15, -0.1) is 0 Å². The van der Waals surface area contributed by atoms with Crippen LogP contribution < -0.4 is 10.6 Å². The van der Waals surface area contributed by atoms with Crippen LogP contribution in [0.1, 0.15) is 26.2 Å². The highest BCUT2D eigenvalue weighted by Crippen LogP contribution is 2.39. The van der Waals surface area contributed by atoms with E-state index in [0.717, 1.165) is 18.4 Å². The van der Waals surface area contributed by atoms with Gasteiger partial charge in [-0.05, 0) is 38.3 Å². The summed E-state index contributed by atoms with van der Waals surface area (Å²) in [4.78, 5) is 11.8. The van der Waals surface area contributed by atoms with Crippen LogP contribution in [0.3, 0.4) is 0 Å². The zero-order valence-electron chi connectivity index (χ0n) is 14.3. The fraction of sp³-hybridized carbons (Fsp3) is 0.471. The molecule has 0 aromatic heterocycles. The second-order valence-electron chi connectivity index (χ2n) is 6.48. The molecule has 1 unspecified atom stereocenters. The lowest BCUT2D eigenvalue weighted by Gasteiger charge is -2.18. The van der Waals surface area contributed by atoms with Crippen molar-refractivity contribution in [1.29, 1.82) is 0 Å². The van der Waals surface area contributed by atoms with E-state index in [4.69, 9.17) is 16.3 Å². The van der Waals surface area contributed by atoms with Crippen LogP contribution >= 0.6 is 11.6 Å². The third kappa shape index (κ3) is 3.67. The Morgan fingerprint density at radius 2 is 2.12 bits per heavy atom. The summed E-state index contributed by atoms with van der Waals surface area (Å²) >= 11 is 6.04. The average molecular weight is 401 g/mol. The lowest BCUT2D eigenvalue weighted by atomic mass is 10.2. The average Bonchev–Trinajstić information content (AvgIpc) is 3.23. The molecule has 26 heavy (non-hydrogen) atoms. The van der Waals surface area contributed by atoms with Crippen molar-refractivity contribution in [2.45, 2.75) is 42.4 Å². The summed E-state index contributed by atoms with van der Waals surface area (Å²) in [5, 5.41) is 14.9. The molecule has 1 saturated heterocycles. The number of carbonyl (C=O) groups excluding carboxylic acids is 1. The number of halogens is 1. The number of phenolic OH excluding ortho intramolecular Hbond substituents is 1. The SMILES string of the molecule is CC1=CCCC1NC(=O)Nc1ccc(Cl)c(S(=O)(=O)[C@H]2CCOC2)c1O. The number of hydrogen-bond donors (Lipinski definition) is 3. The van der Waals surface area contributed by atoms with Crippen LogP contribution in [0.25, 0.3) is 0 Å². The molecule has 2 amide bonds. The Kier molecular flexibility index (Phi) is 5.45. The summed E-state index contributed by atoms with van der Waals surface area (Å²) in [7, 11) is -3.88. The van der Waals surface area contributed by atoms with Crippen LogP contribution in [0.15, 0.2) is 28.7 Å². The summed E-state index contributed by atoms with van der Waals surface area (Å²) < 4.78 is 30.7. The number of rotatable bonds is 4. The van der Waals surface area contributed by atoms with Crippen LogP contribution in [0.4, 0.5) is 10.5 Å². The topological polar surface area (TPSA) is 105 Å². The Balaban J connectivity index is 1.83. The molecule has 0 spiro atoms. The highest BCUT2D eigenvalue weighted by Gasteiger charge is 2.35. The Hall–Kier alpha value is -1.77. The number of carbonyl (C=O) groups is 1. The van der Waals surface area contributed by atoms with Crippen LogP contribution in [0.5, 0.6) is 5.75 Å². The Morgan fingerprint density at radius 1 is 1.35 bits per heavy atom. The number of sulfone groups is 1. The van der Waals surface area contributed by atoms with Crippen LogP contribution in [0.2, 0.25) is 5.02 Å². The Bertz CT molecular complexity index is 847. The largest absolute Gasteiger partial charge is 0.504 e. The van der Waals surface area contributed by atoms with Gasteiger partial charge in [-0.25, -0.2) is 13.2 Å². The number of anilines is 1. The third-order valence-corrected chi connectivity index (χ3v) is 7.38. The summed E-state index contributed by atoms with van der Waals surface area (Å²) in [6, 6.07) is 2.14. The number of hydrogen-bond acceptors (Lipinski definition) is 5. The minimum atomic E-state index is -3.88. The van der Waals surface area contributed by atoms with Crippen molar-refractivity contribution in [3.05, 3.63) is 28.8 Å². The maximum absolute atomic E-state index is 12.8. The van der Waals surface area contributed by atoms with E-state index in [1.54, 1.807) is 0 Å². The predicted octanol–water partition coefficient (Wildman–Crippen LogP) is 2.84. The van der Waals surface area contributed by atoms with Crippen molar-refractivity contribution in [2.75, 3.05) is 18.5 Å². The van der Waals surface area contributed by atoms with E-state index in [0.29, 0.717) is 13.0 Å². The van der Waals surface area contributed by atoms with E-state index < -0.39 is 26.9 Å². The van der Waals surface area contributed by atoms with Crippen molar-refractivity contribution in [1.82, 2.24) is 5.32 Å². The Labute approximate surface area is 157 Å². The fourth-order valence-corrected chi connectivity index (χ4v) is 5.40. The minimum absolute atomic E-state index is 0.0102. The molecule has 7 nitrogen and oxygen atoms in total. The first kappa shape index (κ1) is 19.0. The summed E-state index contributed by atoms with van der Waals surface area (Å²) in [5.74, 6) is -0.557. The van der Waals surface area contributed by atoms with Gasteiger partial charge in [0.25, 0.3) is 0 Å². The van der Waals surface area contributed by atoms with Gasteiger partial charge in [0.1, 0.15) is 4.90 Å². The number of urea groups is 1. The van der Waals surface area contributed by atoms with E-state index in [1.165, 1.54) is 12.1 Å². The quantitative estimate of drug-likeness (QED) is 0.532. The second-order valence-corrected chi connectivity index (χ2v) is 9.05.